The summed E-state index contributed by atoms with van der Waals surface area (Å²) in [7, 11) is 0. The Morgan fingerprint density at radius 1 is 1.50 bits per heavy atom. The van der Waals surface area contributed by atoms with Crippen LogP contribution < -0.4 is 0 Å². The maximum Gasteiger partial charge on any atom is 0.0840 e. The lowest BCUT2D eigenvalue weighted by molar-refractivity contribution is 0.173. The summed E-state index contributed by atoms with van der Waals surface area (Å²) in [5, 5.41) is 0. The van der Waals surface area contributed by atoms with Crippen LogP contribution in [0.5, 0.6) is 0 Å². The van der Waals surface area contributed by atoms with E-state index in [2.05, 4.69) is 13.8 Å². The zero-order valence-corrected chi connectivity index (χ0v) is 6.97. The Labute approximate surface area is 63.8 Å². The minimum absolute atomic E-state index is 0.590. The molecule has 1 fully saturated rings. The van der Waals surface area contributed by atoms with Crippen molar-refractivity contribution < 1.29 is 4.74 Å². The fraction of sp³-hybridized carbons (Fsp3) is 0.889. The molecule has 10 heavy (non-hydrogen) atoms. The lowest BCUT2D eigenvalue weighted by Gasteiger charge is -2.03. The molecule has 1 saturated carbocycles. The van der Waals surface area contributed by atoms with Crippen molar-refractivity contribution in [1.82, 2.24) is 0 Å². The van der Waals surface area contributed by atoms with Gasteiger partial charge in [-0.05, 0) is 31.6 Å². The van der Waals surface area contributed by atoms with Gasteiger partial charge in [-0.2, -0.15) is 0 Å². The summed E-state index contributed by atoms with van der Waals surface area (Å²) in [6, 6.07) is 0. The van der Waals surface area contributed by atoms with Crippen molar-refractivity contribution in [2.75, 3.05) is 0 Å². The van der Waals surface area contributed by atoms with Crippen LogP contribution in [0, 0.1) is 12.5 Å². The van der Waals surface area contributed by atoms with Crippen molar-refractivity contribution in [3.8, 4) is 0 Å². The molecule has 0 bridgehead atoms. The molecular formula is C9H17O. The first-order chi connectivity index (χ1) is 4.79. The van der Waals surface area contributed by atoms with Crippen molar-refractivity contribution in [3.63, 3.8) is 0 Å². The van der Waals surface area contributed by atoms with Gasteiger partial charge >= 0.3 is 0 Å². The van der Waals surface area contributed by atoms with Gasteiger partial charge in [-0.1, -0.05) is 13.8 Å². The molecule has 0 heterocycles. The van der Waals surface area contributed by atoms with Crippen molar-refractivity contribution in [2.45, 2.75) is 45.6 Å². The van der Waals surface area contributed by atoms with Crippen LogP contribution in [-0.2, 0) is 4.74 Å². The lowest BCUT2D eigenvalue weighted by atomic mass is 10.1. The first-order valence-electron chi connectivity index (χ1n) is 4.26. The third-order valence-electron chi connectivity index (χ3n) is 1.67. The van der Waals surface area contributed by atoms with Gasteiger partial charge in [-0.25, -0.2) is 0 Å². The second-order valence-corrected chi connectivity index (χ2v) is 3.47. The average Bonchev–Trinajstić information content (AvgIpc) is 2.62. The second kappa shape index (κ2) is 3.97. The molecular weight excluding hydrogens is 124 g/mol. The first kappa shape index (κ1) is 8.06. The van der Waals surface area contributed by atoms with Crippen LogP contribution in [0.25, 0.3) is 0 Å². The van der Waals surface area contributed by atoms with Gasteiger partial charge in [0.1, 0.15) is 0 Å². The number of rotatable bonds is 5. The lowest BCUT2D eigenvalue weighted by Crippen LogP contribution is -1.92. The van der Waals surface area contributed by atoms with Crippen LogP contribution in [0.1, 0.15) is 39.5 Å². The monoisotopic (exact) mass is 141 g/mol. The Kier molecular flexibility index (Phi) is 3.20. The Morgan fingerprint density at radius 2 is 2.20 bits per heavy atom. The highest BCUT2D eigenvalue weighted by molar-refractivity contribution is 4.75. The molecule has 0 aromatic heterocycles. The molecule has 0 unspecified atom stereocenters. The maximum absolute atomic E-state index is 5.38. The Hall–Kier alpha value is -0.0400. The summed E-state index contributed by atoms with van der Waals surface area (Å²) >= 11 is 0. The second-order valence-electron chi connectivity index (χ2n) is 3.47. The van der Waals surface area contributed by atoms with Crippen LogP contribution in [0.4, 0.5) is 0 Å². The normalized spacial score (nSPS) is 18.3. The minimum atomic E-state index is 0.590. The van der Waals surface area contributed by atoms with Crippen LogP contribution in [-0.4, -0.2) is 6.10 Å². The highest BCUT2D eigenvalue weighted by Gasteiger charge is 2.21. The Balaban J connectivity index is 1.76. The van der Waals surface area contributed by atoms with Gasteiger partial charge in [-0.15, -0.1) is 0 Å². The molecule has 0 atom stereocenters. The van der Waals surface area contributed by atoms with Crippen molar-refractivity contribution in [1.29, 1.82) is 0 Å². The third-order valence-corrected chi connectivity index (χ3v) is 1.67. The average molecular weight is 141 g/mol. The van der Waals surface area contributed by atoms with Crippen LogP contribution in [0.15, 0.2) is 0 Å². The maximum atomic E-state index is 5.38. The zero-order chi connectivity index (χ0) is 7.40. The first-order valence-corrected chi connectivity index (χ1v) is 4.26. The fourth-order valence-electron chi connectivity index (χ4n) is 0.810. The van der Waals surface area contributed by atoms with Gasteiger partial charge in [0.15, 0.2) is 0 Å². The molecule has 1 aliphatic carbocycles. The van der Waals surface area contributed by atoms with Gasteiger partial charge in [-0.3, -0.25) is 0 Å². The standard InChI is InChI=1S/C9H17O/c1-8(2)4-3-7-10-9-5-6-9/h7-9H,3-6H2,1-2H3. The predicted octanol–water partition coefficient (Wildman–Crippen LogP) is 2.76. The summed E-state index contributed by atoms with van der Waals surface area (Å²) < 4.78 is 5.38. The van der Waals surface area contributed by atoms with E-state index in [4.69, 9.17) is 4.74 Å². The van der Waals surface area contributed by atoms with Gasteiger partial charge in [0.05, 0.1) is 12.7 Å². The topological polar surface area (TPSA) is 9.23 Å². The highest BCUT2D eigenvalue weighted by Crippen LogP contribution is 2.25. The molecule has 0 spiro atoms. The van der Waals surface area contributed by atoms with Crippen LogP contribution >= 0.6 is 0 Å². The fourth-order valence-corrected chi connectivity index (χ4v) is 0.810. The summed E-state index contributed by atoms with van der Waals surface area (Å²) in [5.74, 6) is 0.805. The molecule has 59 valence electrons. The molecule has 1 rings (SSSR count). The van der Waals surface area contributed by atoms with E-state index < -0.39 is 0 Å². The van der Waals surface area contributed by atoms with Crippen molar-refractivity contribution in [2.24, 2.45) is 5.92 Å². The van der Waals surface area contributed by atoms with Crippen LogP contribution in [0.3, 0.4) is 0 Å². The van der Waals surface area contributed by atoms with E-state index in [0.717, 1.165) is 12.3 Å². The number of hydrogen-bond donors (Lipinski definition) is 0. The van der Waals surface area contributed by atoms with Gasteiger partial charge in [0.2, 0.25) is 0 Å². The summed E-state index contributed by atoms with van der Waals surface area (Å²) in [6.45, 7) is 6.47. The molecule has 0 saturated heterocycles. The largest absolute Gasteiger partial charge is 0.372 e. The molecule has 1 heteroatoms. The summed E-state index contributed by atoms with van der Waals surface area (Å²) in [6.07, 6.45) is 5.52. The molecule has 0 aromatic carbocycles. The molecule has 1 aliphatic rings. The number of ether oxygens (including phenoxy) is 1. The van der Waals surface area contributed by atoms with Crippen molar-refractivity contribution in [3.05, 3.63) is 6.61 Å². The van der Waals surface area contributed by atoms with Gasteiger partial charge in [0, 0.05) is 0 Å². The minimum Gasteiger partial charge on any atom is -0.372 e. The molecule has 1 radical (unpaired) electrons. The van der Waals surface area contributed by atoms with E-state index in [9.17, 15) is 0 Å². The molecule has 0 N–H and O–H groups in total. The van der Waals surface area contributed by atoms with E-state index in [1.165, 1.54) is 19.3 Å². The summed E-state index contributed by atoms with van der Waals surface area (Å²) in [5.41, 5.74) is 0. The van der Waals surface area contributed by atoms with E-state index in [0.29, 0.717) is 6.10 Å². The predicted molar refractivity (Wildman–Crippen MR) is 42.5 cm³/mol. The Morgan fingerprint density at radius 3 is 2.70 bits per heavy atom. The van der Waals surface area contributed by atoms with E-state index in [-0.39, 0.29) is 0 Å². The smallest absolute Gasteiger partial charge is 0.0840 e. The molecule has 0 amide bonds. The molecule has 0 aromatic rings. The Bertz CT molecular complexity index is 80.7. The van der Waals surface area contributed by atoms with E-state index in [1.807, 2.05) is 6.61 Å². The van der Waals surface area contributed by atoms with Crippen molar-refractivity contribution >= 4 is 0 Å². The third kappa shape index (κ3) is 3.89. The van der Waals surface area contributed by atoms with E-state index in [1.54, 1.807) is 0 Å². The SMILES string of the molecule is CC(C)CC[CH]OC1CC1. The van der Waals surface area contributed by atoms with Gasteiger partial charge < -0.3 is 4.74 Å². The zero-order valence-electron chi connectivity index (χ0n) is 6.97. The highest BCUT2D eigenvalue weighted by atomic mass is 16.5. The number of hydrogen-bond acceptors (Lipinski definition) is 1. The van der Waals surface area contributed by atoms with E-state index >= 15 is 0 Å². The quantitative estimate of drug-likeness (QED) is 0.535. The van der Waals surface area contributed by atoms with Crippen LogP contribution in [0.2, 0.25) is 0 Å². The molecule has 0 aliphatic heterocycles. The van der Waals surface area contributed by atoms with Gasteiger partial charge in [0.25, 0.3) is 0 Å². The molecule has 1 nitrogen and oxygen atoms in total. The summed E-state index contributed by atoms with van der Waals surface area (Å²) in [4.78, 5) is 0.